The van der Waals surface area contributed by atoms with Gasteiger partial charge in [-0.15, -0.1) is 0 Å². The minimum absolute atomic E-state index is 0.0348. The molecule has 1 amide bonds. The molecule has 1 aromatic heterocycles. The van der Waals surface area contributed by atoms with Gasteiger partial charge in [-0.3, -0.25) is 9.48 Å². The van der Waals surface area contributed by atoms with Crippen molar-refractivity contribution in [3.05, 3.63) is 52.8 Å². The van der Waals surface area contributed by atoms with Gasteiger partial charge in [0.05, 0.1) is 23.2 Å². The minimum Gasteiger partial charge on any atom is -0.343 e. The summed E-state index contributed by atoms with van der Waals surface area (Å²) >= 11 is 0. The Bertz CT molecular complexity index is 913. The lowest BCUT2D eigenvalue weighted by atomic mass is 10.0. The van der Waals surface area contributed by atoms with Gasteiger partial charge in [0.1, 0.15) is 5.69 Å². The topological polar surface area (TPSA) is 81.1 Å². The standard InChI is InChI=1S/C17H19N3O3S/c1-20-16(8-14(19-20)11-6-7-11)17(21)18-15-10-24(22,23)9-12-4-2-3-5-13(12)15/h2-5,8,11,15H,6-7,9-10H2,1H3,(H,18,21). The Morgan fingerprint density at radius 1 is 1.29 bits per heavy atom. The molecule has 1 unspecified atom stereocenters. The Morgan fingerprint density at radius 2 is 2.04 bits per heavy atom. The van der Waals surface area contributed by atoms with E-state index in [4.69, 9.17) is 0 Å². The number of nitrogens with one attached hydrogen (secondary N) is 1. The first-order valence-corrected chi connectivity index (χ1v) is 9.88. The molecule has 1 saturated carbocycles. The first-order chi connectivity index (χ1) is 11.4. The molecule has 1 aliphatic heterocycles. The summed E-state index contributed by atoms with van der Waals surface area (Å²) in [5.41, 5.74) is 3.06. The molecule has 7 heteroatoms. The van der Waals surface area contributed by atoms with Crippen molar-refractivity contribution in [2.45, 2.75) is 30.6 Å². The van der Waals surface area contributed by atoms with Gasteiger partial charge in [0.2, 0.25) is 0 Å². The van der Waals surface area contributed by atoms with Crippen molar-refractivity contribution in [2.75, 3.05) is 5.75 Å². The third-order valence-electron chi connectivity index (χ3n) is 4.66. The first kappa shape index (κ1) is 15.4. The van der Waals surface area contributed by atoms with Crippen LogP contribution in [0.3, 0.4) is 0 Å². The summed E-state index contributed by atoms with van der Waals surface area (Å²) in [5.74, 6) is 0.151. The molecule has 6 nitrogen and oxygen atoms in total. The first-order valence-electron chi connectivity index (χ1n) is 8.06. The van der Waals surface area contributed by atoms with Crippen LogP contribution in [0.4, 0.5) is 0 Å². The molecule has 1 fully saturated rings. The number of hydrogen-bond acceptors (Lipinski definition) is 4. The predicted molar refractivity (Wildman–Crippen MR) is 89.3 cm³/mol. The van der Waals surface area contributed by atoms with E-state index in [0.717, 1.165) is 29.7 Å². The molecule has 1 aliphatic carbocycles. The van der Waals surface area contributed by atoms with Crippen LogP contribution in [0.5, 0.6) is 0 Å². The monoisotopic (exact) mass is 345 g/mol. The van der Waals surface area contributed by atoms with Crippen LogP contribution in [-0.2, 0) is 22.6 Å². The second-order valence-corrected chi connectivity index (χ2v) is 8.74. The van der Waals surface area contributed by atoms with Gasteiger partial charge < -0.3 is 5.32 Å². The van der Waals surface area contributed by atoms with Gasteiger partial charge in [-0.2, -0.15) is 5.10 Å². The largest absolute Gasteiger partial charge is 0.343 e. The van der Waals surface area contributed by atoms with Crippen LogP contribution >= 0.6 is 0 Å². The SMILES string of the molecule is Cn1nc(C2CC2)cc1C(=O)NC1CS(=O)(=O)Cc2ccccc21. The van der Waals surface area contributed by atoms with Gasteiger partial charge >= 0.3 is 0 Å². The molecule has 2 heterocycles. The maximum atomic E-state index is 12.6. The Morgan fingerprint density at radius 3 is 2.79 bits per heavy atom. The maximum absolute atomic E-state index is 12.6. The van der Waals surface area contributed by atoms with Crippen LogP contribution in [-0.4, -0.2) is 29.9 Å². The lowest BCUT2D eigenvalue weighted by Gasteiger charge is -2.26. The number of amides is 1. The lowest BCUT2D eigenvalue weighted by molar-refractivity contribution is 0.0930. The summed E-state index contributed by atoms with van der Waals surface area (Å²) in [6, 6.07) is 8.67. The number of aryl methyl sites for hydroxylation is 1. The molecule has 24 heavy (non-hydrogen) atoms. The summed E-state index contributed by atoms with van der Waals surface area (Å²) in [6.45, 7) is 0. The number of rotatable bonds is 3. The number of fused-ring (bicyclic) bond motifs is 1. The van der Waals surface area contributed by atoms with E-state index in [9.17, 15) is 13.2 Å². The zero-order chi connectivity index (χ0) is 16.9. The molecule has 126 valence electrons. The summed E-state index contributed by atoms with van der Waals surface area (Å²) in [4.78, 5) is 12.6. The molecule has 0 bridgehead atoms. The van der Waals surface area contributed by atoms with E-state index >= 15 is 0 Å². The molecule has 2 aromatic rings. The van der Waals surface area contributed by atoms with Gasteiger partial charge in [-0.05, 0) is 30.0 Å². The Labute approximate surface area is 140 Å². The van der Waals surface area contributed by atoms with Crippen LogP contribution in [0.25, 0.3) is 0 Å². The molecule has 2 aliphatic rings. The highest BCUT2D eigenvalue weighted by Crippen LogP contribution is 2.39. The Hall–Kier alpha value is -2.15. The average molecular weight is 345 g/mol. The van der Waals surface area contributed by atoms with E-state index in [-0.39, 0.29) is 17.4 Å². The minimum atomic E-state index is -3.22. The normalized spacial score (nSPS) is 22.0. The average Bonchev–Trinajstić information content (AvgIpc) is 3.29. The van der Waals surface area contributed by atoms with Crippen molar-refractivity contribution in [1.29, 1.82) is 0 Å². The number of aromatic nitrogens is 2. The number of carbonyl (C=O) groups excluding carboxylic acids is 1. The zero-order valence-electron chi connectivity index (χ0n) is 13.4. The van der Waals surface area contributed by atoms with Crippen molar-refractivity contribution < 1.29 is 13.2 Å². The molecular weight excluding hydrogens is 326 g/mol. The van der Waals surface area contributed by atoms with Crippen molar-refractivity contribution in [3.63, 3.8) is 0 Å². The van der Waals surface area contributed by atoms with Gasteiger partial charge in [0, 0.05) is 13.0 Å². The Kier molecular flexibility index (Phi) is 3.49. The number of carbonyl (C=O) groups is 1. The van der Waals surface area contributed by atoms with E-state index in [2.05, 4.69) is 10.4 Å². The predicted octanol–water partition coefficient (Wildman–Crippen LogP) is 1.70. The lowest BCUT2D eigenvalue weighted by Crippen LogP contribution is -2.37. The van der Waals surface area contributed by atoms with Crippen molar-refractivity contribution >= 4 is 15.7 Å². The molecule has 1 N–H and O–H groups in total. The van der Waals surface area contributed by atoms with E-state index in [1.807, 2.05) is 24.3 Å². The highest BCUT2D eigenvalue weighted by Gasteiger charge is 2.32. The van der Waals surface area contributed by atoms with Crippen LogP contribution in [0.2, 0.25) is 0 Å². The number of hydrogen-bond donors (Lipinski definition) is 1. The summed E-state index contributed by atoms with van der Waals surface area (Å²) < 4.78 is 25.9. The van der Waals surface area contributed by atoms with Crippen LogP contribution in [0.1, 0.15) is 52.1 Å². The maximum Gasteiger partial charge on any atom is 0.270 e. The number of nitrogens with zero attached hydrogens (tertiary/aromatic N) is 2. The molecule has 1 atom stereocenters. The number of benzene rings is 1. The van der Waals surface area contributed by atoms with Crippen molar-refractivity contribution in [2.24, 2.45) is 7.05 Å². The molecule has 0 radical (unpaired) electrons. The Balaban J connectivity index is 1.61. The zero-order valence-corrected chi connectivity index (χ0v) is 14.2. The summed E-state index contributed by atoms with van der Waals surface area (Å²) in [6.07, 6.45) is 2.23. The second kappa shape index (κ2) is 5.44. The van der Waals surface area contributed by atoms with E-state index in [1.165, 1.54) is 0 Å². The summed E-state index contributed by atoms with van der Waals surface area (Å²) in [7, 11) is -1.48. The fourth-order valence-corrected chi connectivity index (χ4v) is 4.90. The smallest absolute Gasteiger partial charge is 0.270 e. The molecular formula is C17H19N3O3S. The van der Waals surface area contributed by atoms with Gasteiger partial charge in [-0.1, -0.05) is 24.3 Å². The fraction of sp³-hybridized carbons (Fsp3) is 0.412. The van der Waals surface area contributed by atoms with Crippen LogP contribution in [0.15, 0.2) is 30.3 Å². The highest BCUT2D eigenvalue weighted by molar-refractivity contribution is 7.90. The molecule has 1 aromatic carbocycles. The van der Waals surface area contributed by atoms with Crippen molar-refractivity contribution in [3.8, 4) is 0 Å². The van der Waals surface area contributed by atoms with Crippen molar-refractivity contribution in [1.82, 2.24) is 15.1 Å². The van der Waals surface area contributed by atoms with Gasteiger partial charge in [0.25, 0.3) is 5.91 Å². The van der Waals surface area contributed by atoms with Gasteiger partial charge in [0.15, 0.2) is 9.84 Å². The quantitative estimate of drug-likeness (QED) is 0.918. The molecule has 4 rings (SSSR count). The number of sulfone groups is 1. The molecule has 0 saturated heterocycles. The van der Waals surface area contributed by atoms with Gasteiger partial charge in [-0.25, -0.2) is 8.42 Å². The van der Waals surface area contributed by atoms with Crippen LogP contribution < -0.4 is 5.32 Å². The second-order valence-electron chi connectivity index (χ2n) is 6.63. The fourth-order valence-electron chi connectivity index (χ4n) is 3.28. The summed E-state index contributed by atoms with van der Waals surface area (Å²) in [5, 5.41) is 7.28. The van der Waals surface area contributed by atoms with E-state index in [1.54, 1.807) is 17.8 Å². The van der Waals surface area contributed by atoms with E-state index in [0.29, 0.717) is 11.6 Å². The van der Waals surface area contributed by atoms with E-state index < -0.39 is 15.9 Å². The van der Waals surface area contributed by atoms with Crippen LogP contribution in [0, 0.1) is 0 Å². The highest BCUT2D eigenvalue weighted by atomic mass is 32.2. The third kappa shape index (κ3) is 2.84. The molecule has 0 spiro atoms. The third-order valence-corrected chi connectivity index (χ3v) is 6.25.